The van der Waals surface area contributed by atoms with E-state index in [9.17, 15) is 0 Å². The second-order valence-electron chi connectivity index (χ2n) is 3.24. The topological polar surface area (TPSA) is 38.5 Å². The number of nitrogens with two attached hydrogens (primary N) is 1. The van der Waals surface area contributed by atoms with E-state index in [0.717, 1.165) is 17.9 Å². The van der Waals surface area contributed by atoms with Gasteiger partial charge in [-0.15, -0.1) is 0 Å². The third kappa shape index (κ3) is 2.17. The summed E-state index contributed by atoms with van der Waals surface area (Å²) in [5, 5.41) is 0. The van der Waals surface area contributed by atoms with Gasteiger partial charge in [0.15, 0.2) is 0 Å². The molecule has 0 saturated heterocycles. The zero-order valence-corrected chi connectivity index (χ0v) is 9.08. The van der Waals surface area contributed by atoms with Gasteiger partial charge < -0.3 is 15.4 Å². The van der Waals surface area contributed by atoms with Gasteiger partial charge in [0.05, 0.1) is 19.5 Å². The molecule has 0 saturated carbocycles. The van der Waals surface area contributed by atoms with E-state index in [1.54, 1.807) is 7.11 Å². The van der Waals surface area contributed by atoms with E-state index in [2.05, 4.69) is 19.1 Å². The predicted molar refractivity (Wildman–Crippen MR) is 59.8 cm³/mol. The van der Waals surface area contributed by atoms with Gasteiger partial charge in [0.25, 0.3) is 0 Å². The first-order valence-corrected chi connectivity index (χ1v) is 4.81. The van der Waals surface area contributed by atoms with E-state index in [1.807, 2.05) is 18.0 Å². The molecule has 0 atom stereocenters. The van der Waals surface area contributed by atoms with Gasteiger partial charge in [-0.3, -0.25) is 0 Å². The van der Waals surface area contributed by atoms with Crippen molar-refractivity contribution in [2.24, 2.45) is 5.73 Å². The molecule has 0 heterocycles. The second kappa shape index (κ2) is 4.86. The molecule has 1 rings (SSSR count). The van der Waals surface area contributed by atoms with Crippen LogP contribution < -0.4 is 15.4 Å². The van der Waals surface area contributed by atoms with E-state index in [1.165, 1.54) is 5.56 Å². The summed E-state index contributed by atoms with van der Waals surface area (Å²) in [6.45, 7) is 2.62. The van der Waals surface area contributed by atoms with Crippen molar-refractivity contribution in [3.05, 3.63) is 23.8 Å². The molecule has 0 aliphatic rings. The largest absolute Gasteiger partial charge is 0.495 e. The van der Waals surface area contributed by atoms with E-state index in [4.69, 9.17) is 10.5 Å². The number of aryl methyl sites for hydroxylation is 1. The highest BCUT2D eigenvalue weighted by molar-refractivity contribution is 5.59. The van der Waals surface area contributed by atoms with Crippen molar-refractivity contribution in [1.82, 2.24) is 0 Å². The Balaban J connectivity index is 3.08. The molecule has 0 unspecified atom stereocenters. The lowest BCUT2D eigenvalue weighted by Gasteiger charge is -2.20. The molecule has 14 heavy (non-hydrogen) atoms. The van der Waals surface area contributed by atoms with Crippen LogP contribution in [0.15, 0.2) is 18.2 Å². The summed E-state index contributed by atoms with van der Waals surface area (Å²) < 4.78 is 5.27. The summed E-state index contributed by atoms with van der Waals surface area (Å²) in [5.41, 5.74) is 7.93. The Bertz CT molecular complexity index is 299. The second-order valence-corrected chi connectivity index (χ2v) is 3.24. The van der Waals surface area contributed by atoms with Crippen LogP contribution in [0, 0.1) is 0 Å². The maximum absolute atomic E-state index is 5.59. The normalized spacial score (nSPS) is 10.0. The highest BCUT2D eigenvalue weighted by Crippen LogP contribution is 2.28. The Morgan fingerprint density at radius 3 is 2.64 bits per heavy atom. The minimum absolute atomic E-state index is 0.490. The van der Waals surface area contributed by atoms with Crippen LogP contribution in [0.4, 0.5) is 5.69 Å². The summed E-state index contributed by atoms with van der Waals surface area (Å²) in [4.78, 5) is 1.97. The van der Waals surface area contributed by atoms with Crippen molar-refractivity contribution in [1.29, 1.82) is 0 Å². The Labute approximate surface area is 85.5 Å². The molecule has 0 radical (unpaired) electrons. The van der Waals surface area contributed by atoms with Crippen LogP contribution in [0.25, 0.3) is 0 Å². The number of hydrogen-bond donors (Lipinski definition) is 1. The van der Waals surface area contributed by atoms with Crippen LogP contribution in [-0.4, -0.2) is 20.8 Å². The summed E-state index contributed by atoms with van der Waals surface area (Å²) in [6, 6.07) is 6.18. The molecule has 78 valence electrons. The molecule has 0 bridgehead atoms. The average Bonchev–Trinajstić information content (AvgIpc) is 2.27. The molecule has 3 nitrogen and oxygen atoms in total. The molecular weight excluding hydrogens is 176 g/mol. The van der Waals surface area contributed by atoms with Gasteiger partial charge >= 0.3 is 0 Å². The number of ether oxygens (including phenoxy) is 1. The Morgan fingerprint density at radius 2 is 2.14 bits per heavy atom. The summed E-state index contributed by atoms with van der Waals surface area (Å²) >= 11 is 0. The monoisotopic (exact) mass is 194 g/mol. The van der Waals surface area contributed by atoms with Crippen molar-refractivity contribution in [3.63, 3.8) is 0 Å². The molecule has 2 N–H and O–H groups in total. The maximum Gasteiger partial charge on any atom is 0.142 e. The van der Waals surface area contributed by atoms with Crippen molar-refractivity contribution in [3.8, 4) is 5.75 Å². The lowest BCUT2D eigenvalue weighted by atomic mass is 10.1. The third-order valence-corrected chi connectivity index (χ3v) is 2.34. The average molecular weight is 194 g/mol. The van der Waals surface area contributed by atoms with Crippen LogP contribution in [0.3, 0.4) is 0 Å². The molecule has 1 aromatic rings. The first kappa shape index (κ1) is 10.9. The summed E-state index contributed by atoms with van der Waals surface area (Å²) in [5.74, 6) is 0.871. The molecule has 0 fully saturated rings. The molecular formula is C11H18N2O. The predicted octanol–water partition coefficient (Wildman–Crippen LogP) is 1.61. The van der Waals surface area contributed by atoms with Gasteiger partial charge in [-0.2, -0.15) is 0 Å². The zero-order valence-electron chi connectivity index (χ0n) is 9.08. The first-order chi connectivity index (χ1) is 6.72. The van der Waals surface area contributed by atoms with E-state index in [0.29, 0.717) is 6.67 Å². The van der Waals surface area contributed by atoms with Crippen LogP contribution >= 0.6 is 0 Å². The van der Waals surface area contributed by atoms with Gasteiger partial charge in [-0.05, 0) is 24.1 Å². The number of anilines is 1. The SMILES string of the molecule is CCc1ccc(OC)c(N(C)CN)c1. The van der Waals surface area contributed by atoms with E-state index in [-0.39, 0.29) is 0 Å². The highest BCUT2D eigenvalue weighted by atomic mass is 16.5. The van der Waals surface area contributed by atoms with Gasteiger partial charge in [0, 0.05) is 7.05 Å². The van der Waals surface area contributed by atoms with Crippen molar-refractivity contribution in [2.45, 2.75) is 13.3 Å². The minimum atomic E-state index is 0.490. The molecule has 0 aromatic heterocycles. The lowest BCUT2D eigenvalue weighted by molar-refractivity contribution is 0.415. The van der Waals surface area contributed by atoms with E-state index >= 15 is 0 Å². The molecule has 3 heteroatoms. The Hall–Kier alpha value is -1.22. The maximum atomic E-state index is 5.59. The molecule has 0 aliphatic heterocycles. The molecule has 0 aliphatic carbocycles. The van der Waals surface area contributed by atoms with Crippen molar-refractivity contribution in [2.75, 3.05) is 25.7 Å². The minimum Gasteiger partial charge on any atom is -0.495 e. The number of hydrogen-bond acceptors (Lipinski definition) is 3. The summed E-state index contributed by atoms with van der Waals surface area (Å²) in [7, 11) is 3.63. The fourth-order valence-corrected chi connectivity index (χ4v) is 1.35. The smallest absolute Gasteiger partial charge is 0.142 e. The fraction of sp³-hybridized carbons (Fsp3) is 0.455. The quantitative estimate of drug-likeness (QED) is 0.740. The van der Waals surface area contributed by atoms with Crippen LogP contribution in [0.1, 0.15) is 12.5 Å². The lowest BCUT2D eigenvalue weighted by Crippen LogP contribution is -2.25. The summed E-state index contributed by atoms with van der Waals surface area (Å²) in [6.07, 6.45) is 1.02. The standard InChI is InChI=1S/C11H18N2O/c1-4-9-5-6-11(14-3)10(7-9)13(2)8-12/h5-7H,4,8,12H2,1-3H3. The van der Waals surface area contributed by atoms with Crippen LogP contribution in [-0.2, 0) is 6.42 Å². The first-order valence-electron chi connectivity index (χ1n) is 4.81. The van der Waals surface area contributed by atoms with Crippen LogP contribution in [0.2, 0.25) is 0 Å². The molecule has 0 spiro atoms. The number of benzene rings is 1. The zero-order chi connectivity index (χ0) is 10.6. The molecule has 1 aromatic carbocycles. The van der Waals surface area contributed by atoms with Crippen LogP contribution in [0.5, 0.6) is 5.75 Å². The third-order valence-electron chi connectivity index (χ3n) is 2.34. The fourth-order valence-electron chi connectivity index (χ4n) is 1.35. The number of rotatable bonds is 4. The van der Waals surface area contributed by atoms with Crippen molar-refractivity contribution >= 4 is 5.69 Å². The van der Waals surface area contributed by atoms with Gasteiger partial charge in [0.2, 0.25) is 0 Å². The van der Waals surface area contributed by atoms with Gasteiger partial charge in [-0.1, -0.05) is 13.0 Å². The molecule has 0 amide bonds. The highest BCUT2D eigenvalue weighted by Gasteiger charge is 2.06. The number of methoxy groups -OCH3 is 1. The van der Waals surface area contributed by atoms with Crippen molar-refractivity contribution < 1.29 is 4.74 Å². The Kier molecular flexibility index (Phi) is 3.77. The van der Waals surface area contributed by atoms with Gasteiger partial charge in [0.1, 0.15) is 5.75 Å². The van der Waals surface area contributed by atoms with E-state index < -0.39 is 0 Å². The number of nitrogens with zero attached hydrogens (tertiary/aromatic N) is 1. The Morgan fingerprint density at radius 1 is 1.43 bits per heavy atom. The van der Waals surface area contributed by atoms with Gasteiger partial charge in [-0.25, -0.2) is 0 Å².